The molecule has 0 bridgehead atoms. The van der Waals surface area contributed by atoms with Crippen molar-refractivity contribution in [2.24, 2.45) is 7.05 Å². The van der Waals surface area contributed by atoms with E-state index in [0.29, 0.717) is 25.9 Å². The van der Waals surface area contributed by atoms with Crippen molar-refractivity contribution >= 4 is 15.7 Å². The largest absolute Gasteiger partial charge is 0.336 e. The molecule has 2 unspecified atom stereocenters. The lowest BCUT2D eigenvalue weighted by atomic mass is 10.0. The van der Waals surface area contributed by atoms with E-state index in [1.807, 2.05) is 20.9 Å². The molecule has 26 heavy (non-hydrogen) atoms. The van der Waals surface area contributed by atoms with Gasteiger partial charge in [0.2, 0.25) is 5.91 Å². The van der Waals surface area contributed by atoms with E-state index in [2.05, 4.69) is 21.2 Å². The summed E-state index contributed by atoms with van der Waals surface area (Å²) >= 11 is 0. The maximum Gasteiger partial charge on any atom is 0.223 e. The lowest BCUT2D eigenvalue weighted by Gasteiger charge is -2.43. The minimum Gasteiger partial charge on any atom is -0.336 e. The van der Waals surface area contributed by atoms with Crippen LogP contribution in [0.2, 0.25) is 0 Å². The molecule has 0 radical (unpaired) electrons. The topological polar surface area (TPSA) is 88.4 Å². The summed E-state index contributed by atoms with van der Waals surface area (Å²) in [6.07, 6.45) is 4.57. The molecule has 1 aromatic heterocycles. The Morgan fingerprint density at radius 3 is 2.65 bits per heavy atom. The number of allylic oxidation sites excluding steroid dienone is 1. The molecule has 3 rings (SSSR count). The molecular formula is C17H27N5O3S. The summed E-state index contributed by atoms with van der Waals surface area (Å²) in [6.45, 7) is 6.09. The summed E-state index contributed by atoms with van der Waals surface area (Å²) in [4.78, 5) is 16.8. The Kier molecular flexibility index (Phi) is 5.47. The summed E-state index contributed by atoms with van der Waals surface area (Å²) in [7, 11) is -1.27. The number of piperazine rings is 1. The van der Waals surface area contributed by atoms with E-state index < -0.39 is 9.84 Å². The van der Waals surface area contributed by atoms with Gasteiger partial charge in [0.1, 0.15) is 12.2 Å². The Labute approximate surface area is 154 Å². The third-order valence-corrected chi connectivity index (χ3v) is 6.91. The zero-order valence-corrected chi connectivity index (χ0v) is 16.4. The van der Waals surface area contributed by atoms with Crippen LogP contribution in [0.5, 0.6) is 0 Å². The number of hydrogen-bond donors (Lipinski definition) is 0. The van der Waals surface area contributed by atoms with Gasteiger partial charge in [-0.2, -0.15) is 0 Å². The second kappa shape index (κ2) is 7.48. The number of amides is 1. The molecule has 0 aliphatic carbocycles. The van der Waals surface area contributed by atoms with Gasteiger partial charge >= 0.3 is 0 Å². The van der Waals surface area contributed by atoms with E-state index in [0.717, 1.165) is 12.4 Å². The highest BCUT2D eigenvalue weighted by atomic mass is 32.2. The van der Waals surface area contributed by atoms with Crippen LogP contribution in [-0.4, -0.2) is 82.1 Å². The van der Waals surface area contributed by atoms with Gasteiger partial charge < -0.3 is 9.47 Å². The first-order valence-corrected chi connectivity index (χ1v) is 10.8. The van der Waals surface area contributed by atoms with Gasteiger partial charge in [-0.1, -0.05) is 11.6 Å². The van der Waals surface area contributed by atoms with Crippen LogP contribution in [-0.2, 0) is 28.1 Å². The summed E-state index contributed by atoms with van der Waals surface area (Å²) in [6, 6.07) is -0.352. The fourth-order valence-corrected chi connectivity index (χ4v) is 5.77. The van der Waals surface area contributed by atoms with Gasteiger partial charge in [0.05, 0.1) is 17.5 Å². The zero-order valence-electron chi connectivity index (χ0n) is 15.6. The Morgan fingerprint density at radius 1 is 1.27 bits per heavy atom. The molecule has 0 N–H and O–H groups in total. The maximum atomic E-state index is 12.8. The molecule has 2 aliphatic heterocycles. The van der Waals surface area contributed by atoms with Crippen LogP contribution in [0.25, 0.3) is 0 Å². The summed E-state index contributed by atoms with van der Waals surface area (Å²) in [5.74, 6) is 0.970. The van der Waals surface area contributed by atoms with Gasteiger partial charge in [0.15, 0.2) is 9.84 Å². The van der Waals surface area contributed by atoms with Crippen LogP contribution in [0.15, 0.2) is 18.0 Å². The average molecular weight is 382 g/mol. The molecular weight excluding hydrogens is 354 g/mol. The van der Waals surface area contributed by atoms with Crippen molar-refractivity contribution in [3.05, 3.63) is 23.8 Å². The molecule has 8 nitrogen and oxygen atoms in total. The van der Waals surface area contributed by atoms with E-state index in [-0.39, 0.29) is 29.5 Å². The fraction of sp³-hybridized carbons (Fsp3) is 0.706. The third-order valence-electron chi connectivity index (χ3n) is 5.21. The minimum absolute atomic E-state index is 0.00182. The highest BCUT2D eigenvalue weighted by molar-refractivity contribution is 7.91. The number of aromatic nitrogens is 3. The monoisotopic (exact) mass is 381 g/mol. The quantitative estimate of drug-likeness (QED) is 0.669. The maximum absolute atomic E-state index is 12.8. The van der Waals surface area contributed by atoms with Crippen molar-refractivity contribution in [2.75, 3.05) is 31.1 Å². The molecule has 3 heterocycles. The number of carbonyl (C=O) groups excluding carboxylic acids is 1. The van der Waals surface area contributed by atoms with E-state index >= 15 is 0 Å². The first-order chi connectivity index (χ1) is 12.3. The first kappa shape index (κ1) is 19.0. The molecule has 0 spiro atoms. The molecule has 2 saturated heterocycles. The van der Waals surface area contributed by atoms with Gasteiger partial charge in [-0.05, 0) is 13.8 Å². The predicted octanol–water partition coefficient (Wildman–Crippen LogP) is 0.0237. The van der Waals surface area contributed by atoms with Crippen LogP contribution >= 0.6 is 0 Å². The van der Waals surface area contributed by atoms with Gasteiger partial charge in [-0.25, -0.2) is 8.42 Å². The van der Waals surface area contributed by atoms with E-state index in [9.17, 15) is 13.2 Å². The van der Waals surface area contributed by atoms with Crippen molar-refractivity contribution < 1.29 is 13.2 Å². The lowest BCUT2D eigenvalue weighted by Crippen LogP contribution is -2.60. The molecule has 1 amide bonds. The van der Waals surface area contributed by atoms with Crippen LogP contribution in [0.4, 0.5) is 0 Å². The molecule has 9 heteroatoms. The van der Waals surface area contributed by atoms with Crippen molar-refractivity contribution in [3.8, 4) is 0 Å². The Bertz CT molecular complexity index is 797. The van der Waals surface area contributed by atoms with Gasteiger partial charge in [0, 0.05) is 45.6 Å². The number of fused-ring (bicyclic) bond motifs is 1. The van der Waals surface area contributed by atoms with Gasteiger partial charge in [-0.3, -0.25) is 9.69 Å². The molecule has 1 aromatic rings. The molecule has 2 aliphatic rings. The highest BCUT2D eigenvalue weighted by Gasteiger charge is 2.47. The number of rotatable bonds is 5. The predicted molar refractivity (Wildman–Crippen MR) is 98.3 cm³/mol. The Hall–Kier alpha value is -1.74. The van der Waals surface area contributed by atoms with Crippen LogP contribution in [0.3, 0.4) is 0 Å². The molecule has 2 fully saturated rings. The van der Waals surface area contributed by atoms with Crippen LogP contribution in [0, 0.1) is 0 Å². The minimum atomic E-state index is -3.11. The van der Waals surface area contributed by atoms with E-state index in [4.69, 9.17) is 0 Å². The summed E-state index contributed by atoms with van der Waals surface area (Å²) in [5.41, 5.74) is 1.21. The number of hydrogen-bond acceptors (Lipinski definition) is 6. The van der Waals surface area contributed by atoms with Crippen molar-refractivity contribution in [2.45, 2.75) is 38.8 Å². The van der Waals surface area contributed by atoms with Crippen molar-refractivity contribution in [1.82, 2.24) is 24.6 Å². The smallest absolute Gasteiger partial charge is 0.223 e. The molecule has 144 valence electrons. The van der Waals surface area contributed by atoms with Crippen molar-refractivity contribution in [3.63, 3.8) is 0 Å². The number of carbonyl (C=O) groups is 1. The first-order valence-electron chi connectivity index (χ1n) is 8.97. The number of aryl methyl sites for hydroxylation is 2. The van der Waals surface area contributed by atoms with Gasteiger partial charge in [-0.15, -0.1) is 10.2 Å². The highest BCUT2D eigenvalue weighted by Crippen LogP contribution is 2.27. The lowest BCUT2D eigenvalue weighted by molar-refractivity contribution is -0.136. The van der Waals surface area contributed by atoms with Gasteiger partial charge in [0.25, 0.3) is 0 Å². The summed E-state index contributed by atoms with van der Waals surface area (Å²) < 4.78 is 26.3. The second-order valence-corrected chi connectivity index (χ2v) is 9.59. The summed E-state index contributed by atoms with van der Waals surface area (Å²) in [5, 5.41) is 7.83. The number of sulfone groups is 1. The SMILES string of the molecule is CC(C)=CCN1CCN(C(=O)CCc2nncn2C)C2CS(=O)(=O)CC21. The van der Waals surface area contributed by atoms with Crippen LogP contribution in [0.1, 0.15) is 26.1 Å². The molecule has 2 atom stereocenters. The third kappa shape index (κ3) is 4.15. The Balaban J connectivity index is 1.70. The molecule has 0 saturated carbocycles. The standard InChI is InChI=1S/C17H27N5O3S/c1-13(2)6-7-21-8-9-22(15-11-26(24,25)10-14(15)21)17(23)5-4-16-19-18-12-20(16)3/h6,12,14-15H,4-5,7-11H2,1-3H3. The normalized spacial score (nSPS) is 25.1. The zero-order chi connectivity index (χ0) is 18.9. The average Bonchev–Trinajstić information content (AvgIpc) is 3.11. The van der Waals surface area contributed by atoms with E-state index in [1.54, 1.807) is 15.8 Å². The Morgan fingerprint density at radius 2 is 2.00 bits per heavy atom. The van der Waals surface area contributed by atoms with Crippen molar-refractivity contribution in [1.29, 1.82) is 0 Å². The van der Waals surface area contributed by atoms with E-state index in [1.165, 1.54) is 5.57 Å². The van der Waals surface area contributed by atoms with Crippen LogP contribution < -0.4 is 0 Å². The number of nitrogens with zero attached hydrogens (tertiary/aromatic N) is 5. The second-order valence-electron chi connectivity index (χ2n) is 7.43. The molecule has 0 aromatic carbocycles. The fourth-order valence-electron chi connectivity index (χ4n) is 3.76.